The van der Waals surface area contributed by atoms with E-state index in [1.165, 1.54) is 22.9 Å². The van der Waals surface area contributed by atoms with E-state index in [9.17, 15) is 9.18 Å². The molecule has 0 spiro atoms. The third-order valence-electron chi connectivity index (χ3n) is 7.78. The molecule has 0 radical (unpaired) electrons. The number of hydrogen-bond acceptors (Lipinski definition) is 3. The van der Waals surface area contributed by atoms with Crippen molar-refractivity contribution in [1.29, 1.82) is 0 Å². The van der Waals surface area contributed by atoms with Crippen molar-refractivity contribution >= 4 is 39.4 Å². The molecule has 4 aromatic rings. The molecule has 0 unspecified atom stereocenters. The van der Waals surface area contributed by atoms with Gasteiger partial charge in [-0.2, -0.15) is 0 Å². The maximum atomic E-state index is 14.5. The highest BCUT2D eigenvalue weighted by Gasteiger charge is 2.25. The smallest absolute Gasteiger partial charge is 0.256 e. The van der Waals surface area contributed by atoms with Crippen LogP contribution in [0.1, 0.15) is 34.3 Å². The average molecular weight is 491 g/mol. The van der Waals surface area contributed by atoms with E-state index in [1.54, 1.807) is 12.1 Å². The Labute approximate surface area is 215 Å². The number of nitrogens with one attached hydrogen (secondary N) is 1. The summed E-state index contributed by atoms with van der Waals surface area (Å²) in [5.74, 6) is -0.349. The second-order valence-corrected chi connectivity index (χ2v) is 9.87. The van der Waals surface area contributed by atoms with E-state index in [1.807, 2.05) is 18.2 Å². The molecule has 1 saturated heterocycles. The second-order valence-electron chi connectivity index (χ2n) is 9.87. The molecule has 0 atom stereocenters. The maximum absolute atomic E-state index is 14.5. The number of anilines is 3. The fourth-order valence-electron chi connectivity index (χ4n) is 5.70. The number of halogens is 1. The Morgan fingerprint density at radius 1 is 1.05 bits per heavy atom. The number of hydrogen-bond donors (Lipinski definition) is 1. The van der Waals surface area contributed by atoms with E-state index in [4.69, 9.17) is 6.57 Å². The van der Waals surface area contributed by atoms with Crippen LogP contribution in [0.25, 0.3) is 15.6 Å². The molecule has 2 aliphatic heterocycles. The van der Waals surface area contributed by atoms with Crippen LogP contribution >= 0.6 is 0 Å². The van der Waals surface area contributed by atoms with Crippen LogP contribution in [0.15, 0.2) is 72.8 Å². The van der Waals surface area contributed by atoms with Crippen molar-refractivity contribution in [3.05, 3.63) is 107 Å². The van der Waals surface area contributed by atoms with E-state index >= 15 is 0 Å². The van der Waals surface area contributed by atoms with Crippen LogP contribution in [-0.2, 0) is 6.42 Å². The number of benzene rings is 4. The Hall–Kier alpha value is -4.37. The van der Waals surface area contributed by atoms with Crippen molar-refractivity contribution in [2.24, 2.45) is 0 Å². The highest BCUT2D eigenvalue weighted by Crippen LogP contribution is 2.36. The van der Waals surface area contributed by atoms with Crippen LogP contribution in [0.2, 0.25) is 0 Å². The Bertz CT molecular complexity index is 1550. The first-order chi connectivity index (χ1) is 18.0. The van der Waals surface area contributed by atoms with Gasteiger partial charge >= 0.3 is 0 Å². The molecule has 0 bridgehead atoms. The van der Waals surface area contributed by atoms with Gasteiger partial charge in [0.2, 0.25) is 0 Å². The van der Waals surface area contributed by atoms with Gasteiger partial charge in [0.25, 0.3) is 5.91 Å². The first kappa shape index (κ1) is 23.1. The van der Waals surface area contributed by atoms with E-state index < -0.39 is 0 Å². The lowest BCUT2D eigenvalue weighted by atomic mass is 9.96. The molecule has 2 heterocycles. The zero-order valence-electron chi connectivity index (χ0n) is 20.7. The molecule has 184 valence electrons. The van der Waals surface area contributed by atoms with Crippen molar-refractivity contribution in [1.82, 2.24) is 0 Å². The van der Waals surface area contributed by atoms with Crippen LogP contribution in [-0.4, -0.2) is 32.1 Å². The van der Waals surface area contributed by atoms with E-state index in [0.717, 1.165) is 54.4 Å². The second kappa shape index (κ2) is 9.25. The average Bonchev–Trinajstić information content (AvgIpc) is 3.27. The highest BCUT2D eigenvalue weighted by atomic mass is 19.1. The van der Waals surface area contributed by atoms with Crippen LogP contribution < -0.4 is 15.1 Å². The van der Waals surface area contributed by atoms with E-state index in [2.05, 4.69) is 63.4 Å². The zero-order valence-corrected chi connectivity index (χ0v) is 20.7. The largest absolute Gasteiger partial charge is 0.371 e. The molecule has 6 heteroatoms. The summed E-state index contributed by atoms with van der Waals surface area (Å²) in [6.07, 6.45) is 2.68. The van der Waals surface area contributed by atoms with Gasteiger partial charge in [-0.3, -0.25) is 4.79 Å². The van der Waals surface area contributed by atoms with Gasteiger partial charge in [0.05, 0.1) is 12.3 Å². The van der Waals surface area contributed by atoms with Crippen molar-refractivity contribution in [3.8, 4) is 0 Å². The first-order valence-electron chi connectivity index (χ1n) is 12.6. The van der Waals surface area contributed by atoms with Gasteiger partial charge in [0.1, 0.15) is 5.82 Å². The number of rotatable bonds is 5. The van der Waals surface area contributed by atoms with E-state index in [0.29, 0.717) is 17.4 Å². The third kappa shape index (κ3) is 4.17. The lowest BCUT2D eigenvalue weighted by molar-refractivity contribution is 0.103. The number of amides is 1. The molecule has 6 rings (SSSR count). The maximum Gasteiger partial charge on any atom is 0.256 e. The normalized spacial score (nSPS) is 15.1. The Balaban J connectivity index is 1.13. The van der Waals surface area contributed by atoms with Crippen molar-refractivity contribution in [2.75, 3.05) is 35.3 Å². The number of carbonyl (C=O) groups is 1. The monoisotopic (exact) mass is 490 g/mol. The molecule has 1 N–H and O–H groups in total. The summed E-state index contributed by atoms with van der Waals surface area (Å²) in [5, 5.41) is 5.11. The summed E-state index contributed by atoms with van der Waals surface area (Å²) in [7, 11) is 2.13. The predicted molar refractivity (Wildman–Crippen MR) is 147 cm³/mol. The minimum absolute atomic E-state index is 0.0286. The summed E-state index contributed by atoms with van der Waals surface area (Å²) in [6, 6.07) is 23.9. The summed E-state index contributed by atoms with van der Waals surface area (Å²) >= 11 is 0. The topological polar surface area (TPSA) is 39.9 Å². The summed E-state index contributed by atoms with van der Waals surface area (Å²) in [6.45, 7) is 8.63. The minimum Gasteiger partial charge on any atom is -0.371 e. The molecule has 0 aromatic heterocycles. The van der Waals surface area contributed by atoms with Crippen molar-refractivity contribution < 1.29 is 9.18 Å². The fraction of sp³-hybridized carbons (Fsp3) is 0.226. The Kier molecular flexibility index (Phi) is 5.77. The molecule has 0 saturated carbocycles. The van der Waals surface area contributed by atoms with Crippen LogP contribution in [0, 0.1) is 12.4 Å². The minimum atomic E-state index is -0.320. The lowest BCUT2D eigenvalue weighted by Crippen LogP contribution is -2.43. The zero-order chi connectivity index (χ0) is 25.5. The molecule has 1 amide bonds. The quantitative estimate of drug-likeness (QED) is 0.313. The SMILES string of the molecule is [C-]#[N+]c1ccc(N2CCC(N(C)c3ccc(Cc4ccc5c6c(cccc46)C(=O)N5)cc3)CC2)c(F)c1. The van der Waals surface area contributed by atoms with Crippen molar-refractivity contribution in [2.45, 2.75) is 25.3 Å². The van der Waals surface area contributed by atoms with Gasteiger partial charge < -0.3 is 15.1 Å². The molecule has 4 aromatic carbocycles. The molecular formula is C31H27FN4O. The summed E-state index contributed by atoms with van der Waals surface area (Å²) in [4.78, 5) is 20.0. The van der Waals surface area contributed by atoms with Gasteiger partial charge in [-0.05, 0) is 72.2 Å². The molecule has 0 aliphatic carbocycles. The Morgan fingerprint density at radius 2 is 1.84 bits per heavy atom. The highest BCUT2D eigenvalue weighted by molar-refractivity contribution is 6.24. The lowest BCUT2D eigenvalue weighted by Gasteiger charge is -2.39. The van der Waals surface area contributed by atoms with Gasteiger partial charge in [-0.15, -0.1) is 0 Å². The molecular weight excluding hydrogens is 463 g/mol. The molecule has 5 nitrogen and oxygen atoms in total. The van der Waals surface area contributed by atoms with Gasteiger partial charge in [-0.25, -0.2) is 9.24 Å². The van der Waals surface area contributed by atoms with Gasteiger partial charge in [0.15, 0.2) is 5.69 Å². The molecule has 2 aliphatic rings. The third-order valence-corrected chi connectivity index (χ3v) is 7.78. The van der Waals surface area contributed by atoms with Gasteiger partial charge in [-0.1, -0.05) is 36.4 Å². The van der Waals surface area contributed by atoms with Crippen LogP contribution in [0.3, 0.4) is 0 Å². The predicted octanol–water partition coefficient (Wildman–Crippen LogP) is 6.79. The van der Waals surface area contributed by atoms with E-state index in [-0.39, 0.29) is 11.7 Å². The number of nitrogens with zero attached hydrogens (tertiary/aromatic N) is 3. The standard InChI is InChI=1S/C31H27FN4O/c1-33-22-9-13-29(27(32)19-22)36-16-14-24(15-17-36)35(2)23-10-6-20(7-11-23)18-21-8-12-28-30-25(21)4-3-5-26(30)31(37)34-28/h3-13,19,24H,14-18H2,2H3,(H,34,37). The van der Waals surface area contributed by atoms with Crippen LogP contribution in [0.4, 0.5) is 27.1 Å². The number of piperidine rings is 1. The van der Waals surface area contributed by atoms with Gasteiger partial charge in [0, 0.05) is 48.5 Å². The molecule has 37 heavy (non-hydrogen) atoms. The number of carbonyl (C=O) groups excluding carboxylic acids is 1. The summed E-state index contributed by atoms with van der Waals surface area (Å²) < 4.78 is 14.5. The van der Waals surface area contributed by atoms with Crippen molar-refractivity contribution in [3.63, 3.8) is 0 Å². The molecule has 1 fully saturated rings. The Morgan fingerprint density at radius 3 is 2.57 bits per heavy atom. The summed E-state index contributed by atoms with van der Waals surface area (Å²) in [5.41, 5.74) is 6.17. The van der Waals surface area contributed by atoms with Crippen LogP contribution in [0.5, 0.6) is 0 Å². The first-order valence-corrected chi connectivity index (χ1v) is 12.6. The fourth-order valence-corrected chi connectivity index (χ4v) is 5.70.